The average molecular weight is 493 g/mol. The lowest BCUT2D eigenvalue weighted by molar-refractivity contribution is -0.125. The Labute approximate surface area is 217 Å². The number of carbonyl (C=O) groups excluding carboxylic acids is 2. The number of para-hydroxylation sites is 1. The van der Waals surface area contributed by atoms with E-state index in [2.05, 4.69) is 78.3 Å². The molecule has 0 radical (unpaired) electrons. The Balaban J connectivity index is 2.13. The van der Waals surface area contributed by atoms with Crippen LogP contribution < -0.4 is 10.6 Å². The number of allylic oxidation sites excluding steroid dienone is 10. The minimum Gasteiger partial charge on any atom is -0.507 e. The summed E-state index contributed by atoms with van der Waals surface area (Å²) in [5, 5.41) is 15.3. The molecular formula is C31H44N2O3. The van der Waals surface area contributed by atoms with Crippen LogP contribution in [0.1, 0.15) is 75.6 Å². The highest BCUT2D eigenvalue weighted by Crippen LogP contribution is 2.15. The van der Waals surface area contributed by atoms with Crippen molar-refractivity contribution in [3.05, 3.63) is 90.6 Å². The summed E-state index contributed by atoms with van der Waals surface area (Å²) in [6.07, 6.45) is 29.2. The third kappa shape index (κ3) is 14.8. The molecule has 0 saturated carbocycles. The van der Waals surface area contributed by atoms with Crippen LogP contribution in [0.2, 0.25) is 0 Å². The standard InChI is InChI=1S/C31H44N2O3/c1-3-5-6-7-8-9-10-11-12-13-14-15-16-17-18-19-22-27(4-2)30(35)32-25-26-33-31(36)28-23-20-21-24-29(28)34/h5-6,8-9,11-12,14-15,17-18,20-21,23-24,27,34H,3-4,7,10,13,16,19,22,25-26H2,1-2H3,(H,32,35)(H,33,36). The summed E-state index contributed by atoms with van der Waals surface area (Å²) < 4.78 is 0. The minimum absolute atomic E-state index is 0.0154. The van der Waals surface area contributed by atoms with Gasteiger partial charge in [0.15, 0.2) is 0 Å². The third-order valence-electron chi connectivity index (χ3n) is 5.56. The molecule has 5 nitrogen and oxygen atoms in total. The van der Waals surface area contributed by atoms with Crippen molar-refractivity contribution < 1.29 is 14.7 Å². The Bertz CT molecular complexity index is 897. The first-order chi connectivity index (χ1) is 17.6. The van der Waals surface area contributed by atoms with E-state index in [0.717, 1.165) is 51.4 Å². The van der Waals surface area contributed by atoms with E-state index in [4.69, 9.17) is 0 Å². The fourth-order valence-corrected chi connectivity index (χ4v) is 3.45. The van der Waals surface area contributed by atoms with E-state index in [1.807, 2.05) is 6.92 Å². The largest absolute Gasteiger partial charge is 0.507 e. The first-order valence-corrected chi connectivity index (χ1v) is 13.2. The summed E-state index contributed by atoms with van der Waals surface area (Å²) in [6.45, 7) is 4.83. The van der Waals surface area contributed by atoms with Crippen LogP contribution in [0.25, 0.3) is 0 Å². The lowest BCUT2D eigenvalue weighted by Crippen LogP contribution is -2.37. The van der Waals surface area contributed by atoms with E-state index in [-0.39, 0.29) is 29.0 Å². The highest BCUT2D eigenvalue weighted by atomic mass is 16.3. The van der Waals surface area contributed by atoms with Gasteiger partial charge in [0.2, 0.25) is 5.91 Å². The number of benzene rings is 1. The molecule has 1 unspecified atom stereocenters. The Morgan fingerprint density at radius 2 is 1.31 bits per heavy atom. The number of phenols is 1. The monoisotopic (exact) mass is 492 g/mol. The fourth-order valence-electron chi connectivity index (χ4n) is 3.45. The van der Waals surface area contributed by atoms with Gasteiger partial charge in [-0.3, -0.25) is 9.59 Å². The topological polar surface area (TPSA) is 78.4 Å². The van der Waals surface area contributed by atoms with Crippen LogP contribution in [0.3, 0.4) is 0 Å². The van der Waals surface area contributed by atoms with E-state index < -0.39 is 0 Å². The highest BCUT2D eigenvalue weighted by molar-refractivity contribution is 5.96. The van der Waals surface area contributed by atoms with Gasteiger partial charge >= 0.3 is 0 Å². The fraction of sp³-hybridized carbons (Fsp3) is 0.419. The molecule has 1 aromatic carbocycles. The van der Waals surface area contributed by atoms with Crippen molar-refractivity contribution in [2.24, 2.45) is 5.92 Å². The molecule has 36 heavy (non-hydrogen) atoms. The van der Waals surface area contributed by atoms with Crippen LogP contribution in [-0.2, 0) is 4.79 Å². The maximum atomic E-state index is 12.4. The van der Waals surface area contributed by atoms with Gasteiger partial charge in [-0.25, -0.2) is 0 Å². The number of amides is 2. The summed E-state index contributed by atoms with van der Waals surface area (Å²) in [5.41, 5.74) is 0.229. The number of hydrogen-bond acceptors (Lipinski definition) is 3. The maximum Gasteiger partial charge on any atom is 0.255 e. The van der Waals surface area contributed by atoms with Gasteiger partial charge in [-0.1, -0.05) is 86.7 Å². The highest BCUT2D eigenvalue weighted by Gasteiger charge is 2.15. The van der Waals surface area contributed by atoms with Crippen LogP contribution in [0.4, 0.5) is 0 Å². The summed E-state index contributed by atoms with van der Waals surface area (Å²) in [7, 11) is 0. The van der Waals surface area contributed by atoms with Crippen molar-refractivity contribution in [3.8, 4) is 5.75 Å². The molecule has 0 fully saturated rings. The molecule has 1 rings (SSSR count). The summed E-state index contributed by atoms with van der Waals surface area (Å²) >= 11 is 0. The van der Waals surface area contributed by atoms with Crippen LogP contribution >= 0.6 is 0 Å². The number of carbonyl (C=O) groups is 2. The Hall–Kier alpha value is -3.34. The van der Waals surface area contributed by atoms with Crippen molar-refractivity contribution in [1.29, 1.82) is 0 Å². The molecule has 0 bridgehead atoms. The lowest BCUT2D eigenvalue weighted by atomic mass is 9.99. The zero-order valence-corrected chi connectivity index (χ0v) is 22.0. The normalized spacial score (nSPS) is 12.9. The van der Waals surface area contributed by atoms with Gasteiger partial charge in [-0.2, -0.15) is 0 Å². The summed E-state index contributed by atoms with van der Waals surface area (Å²) in [4.78, 5) is 24.5. The van der Waals surface area contributed by atoms with Gasteiger partial charge in [0, 0.05) is 19.0 Å². The smallest absolute Gasteiger partial charge is 0.255 e. The molecule has 0 aliphatic carbocycles. The first kappa shape index (κ1) is 30.7. The van der Waals surface area contributed by atoms with E-state index in [9.17, 15) is 14.7 Å². The summed E-state index contributed by atoms with van der Waals surface area (Å²) in [5.74, 6) is -0.435. The number of hydrogen-bond donors (Lipinski definition) is 3. The molecule has 0 aliphatic heterocycles. The van der Waals surface area contributed by atoms with Gasteiger partial charge in [-0.15, -0.1) is 0 Å². The predicted molar refractivity (Wildman–Crippen MR) is 151 cm³/mol. The lowest BCUT2D eigenvalue weighted by Gasteiger charge is -2.14. The molecule has 0 saturated heterocycles. The molecule has 0 heterocycles. The van der Waals surface area contributed by atoms with Crippen LogP contribution in [0.15, 0.2) is 85.0 Å². The van der Waals surface area contributed by atoms with Gasteiger partial charge in [0.25, 0.3) is 5.91 Å². The van der Waals surface area contributed by atoms with Gasteiger partial charge < -0.3 is 15.7 Å². The number of nitrogens with one attached hydrogen (secondary N) is 2. The molecule has 0 aliphatic rings. The van der Waals surface area contributed by atoms with Crippen molar-refractivity contribution >= 4 is 11.8 Å². The van der Waals surface area contributed by atoms with Crippen LogP contribution in [0, 0.1) is 5.92 Å². The van der Waals surface area contributed by atoms with Gasteiger partial charge in [0.05, 0.1) is 5.56 Å². The van der Waals surface area contributed by atoms with Crippen molar-refractivity contribution in [2.45, 2.75) is 65.2 Å². The molecule has 1 aromatic rings. The Kier molecular flexibility index (Phi) is 17.9. The molecule has 196 valence electrons. The van der Waals surface area contributed by atoms with Gasteiger partial charge in [0.1, 0.15) is 5.75 Å². The molecule has 2 amide bonds. The molecule has 5 heteroatoms. The minimum atomic E-state index is -0.354. The third-order valence-corrected chi connectivity index (χ3v) is 5.56. The summed E-state index contributed by atoms with van der Waals surface area (Å²) in [6, 6.07) is 6.39. The maximum absolute atomic E-state index is 12.4. The first-order valence-electron chi connectivity index (χ1n) is 13.2. The number of aromatic hydroxyl groups is 1. The average Bonchev–Trinajstić information content (AvgIpc) is 2.88. The quantitative estimate of drug-likeness (QED) is 0.156. The van der Waals surface area contributed by atoms with E-state index in [1.165, 1.54) is 6.07 Å². The van der Waals surface area contributed by atoms with Crippen molar-refractivity contribution in [2.75, 3.05) is 13.1 Å². The predicted octanol–water partition coefficient (Wildman–Crippen LogP) is 6.80. The number of phenolic OH excluding ortho intramolecular Hbond substituents is 1. The molecular weight excluding hydrogens is 448 g/mol. The Morgan fingerprint density at radius 1 is 0.778 bits per heavy atom. The second-order valence-corrected chi connectivity index (χ2v) is 8.45. The zero-order valence-electron chi connectivity index (χ0n) is 22.0. The van der Waals surface area contributed by atoms with Crippen LogP contribution in [-0.4, -0.2) is 30.0 Å². The van der Waals surface area contributed by atoms with Crippen molar-refractivity contribution in [3.63, 3.8) is 0 Å². The second kappa shape index (κ2) is 21.0. The molecule has 1 atom stereocenters. The van der Waals surface area contributed by atoms with E-state index >= 15 is 0 Å². The molecule has 0 aromatic heterocycles. The van der Waals surface area contributed by atoms with Gasteiger partial charge in [-0.05, 0) is 63.5 Å². The van der Waals surface area contributed by atoms with Crippen LogP contribution in [0.5, 0.6) is 5.75 Å². The molecule has 3 N–H and O–H groups in total. The molecule has 0 spiro atoms. The second-order valence-electron chi connectivity index (χ2n) is 8.45. The van der Waals surface area contributed by atoms with E-state index in [0.29, 0.717) is 13.1 Å². The number of rotatable bonds is 18. The Morgan fingerprint density at radius 3 is 1.86 bits per heavy atom. The van der Waals surface area contributed by atoms with Crippen molar-refractivity contribution in [1.82, 2.24) is 10.6 Å². The van der Waals surface area contributed by atoms with E-state index in [1.54, 1.807) is 18.2 Å². The zero-order chi connectivity index (χ0) is 26.3. The SMILES string of the molecule is CCC=CCC=CCC=CCC=CCC=CCCC(CC)C(=O)NCCNC(=O)c1ccccc1O.